The molecule has 0 radical (unpaired) electrons. The summed E-state index contributed by atoms with van der Waals surface area (Å²) < 4.78 is 1.91. The zero-order valence-corrected chi connectivity index (χ0v) is 6.98. The second kappa shape index (κ2) is 3.23. The van der Waals surface area contributed by atoms with Crippen LogP contribution in [0.25, 0.3) is 0 Å². The number of hydrogen-bond donors (Lipinski definition) is 1. The topological polar surface area (TPSA) is 50.9 Å². The first-order valence-electron chi connectivity index (χ1n) is 4.41. The number of nitrogens with zero attached hydrogens (tertiary/aromatic N) is 3. The molecular formula is C8H13N3O. The first-order valence-corrected chi connectivity index (χ1v) is 4.41. The molecule has 1 N–H and O–H groups in total. The molecule has 1 aromatic heterocycles. The van der Waals surface area contributed by atoms with Gasteiger partial charge in [-0.3, -0.25) is 0 Å². The number of aliphatic hydroxyl groups excluding tert-OH is 1. The van der Waals surface area contributed by atoms with Crippen LogP contribution in [0.4, 0.5) is 0 Å². The largest absolute Gasteiger partial charge is 0.396 e. The van der Waals surface area contributed by atoms with Gasteiger partial charge in [0.2, 0.25) is 0 Å². The predicted molar refractivity (Wildman–Crippen MR) is 43.7 cm³/mol. The molecule has 1 fully saturated rings. The van der Waals surface area contributed by atoms with E-state index in [9.17, 15) is 0 Å². The van der Waals surface area contributed by atoms with Crippen LogP contribution in [-0.4, -0.2) is 26.7 Å². The van der Waals surface area contributed by atoms with Crippen molar-refractivity contribution < 1.29 is 5.11 Å². The van der Waals surface area contributed by atoms with Crippen molar-refractivity contribution in [2.45, 2.75) is 31.7 Å². The Balaban J connectivity index is 2.03. The Hall–Kier alpha value is -0.900. The van der Waals surface area contributed by atoms with Crippen LogP contribution in [0.15, 0.2) is 6.20 Å². The van der Waals surface area contributed by atoms with Crippen molar-refractivity contribution in [3.63, 3.8) is 0 Å². The molecule has 0 spiro atoms. The Labute approximate surface area is 71.2 Å². The Morgan fingerprint density at radius 3 is 3.08 bits per heavy atom. The lowest BCUT2D eigenvalue weighted by molar-refractivity contribution is 0.275. The molecule has 4 nitrogen and oxygen atoms in total. The SMILES string of the molecule is OCCCn1nncc1C1CC1. The third kappa shape index (κ3) is 1.48. The second-order valence-corrected chi connectivity index (χ2v) is 3.23. The quantitative estimate of drug-likeness (QED) is 0.712. The van der Waals surface area contributed by atoms with E-state index in [2.05, 4.69) is 10.3 Å². The lowest BCUT2D eigenvalue weighted by Gasteiger charge is -2.02. The maximum absolute atomic E-state index is 8.65. The second-order valence-electron chi connectivity index (χ2n) is 3.23. The van der Waals surface area contributed by atoms with Crippen molar-refractivity contribution in [2.24, 2.45) is 0 Å². The fourth-order valence-electron chi connectivity index (χ4n) is 1.36. The van der Waals surface area contributed by atoms with Crippen molar-refractivity contribution in [1.82, 2.24) is 15.0 Å². The molecule has 0 unspecified atom stereocenters. The van der Waals surface area contributed by atoms with Gasteiger partial charge >= 0.3 is 0 Å². The minimum atomic E-state index is 0.226. The van der Waals surface area contributed by atoms with E-state index in [0.717, 1.165) is 13.0 Å². The summed E-state index contributed by atoms with van der Waals surface area (Å²) in [4.78, 5) is 0. The summed E-state index contributed by atoms with van der Waals surface area (Å²) in [6, 6.07) is 0. The molecule has 0 atom stereocenters. The Morgan fingerprint density at radius 1 is 1.58 bits per heavy atom. The highest BCUT2D eigenvalue weighted by atomic mass is 16.3. The zero-order chi connectivity index (χ0) is 8.39. The van der Waals surface area contributed by atoms with Crippen LogP contribution >= 0.6 is 0 Å². The molecular weight excluding hydrogens is 154 g/mol. The van der Waals surface area contributed by atoms with Crippen molar-refractivity contribution in [3.05, 3.63) is 11.9 Å². The number of aromatic nitrogens is 3. The van der Waals surface area contributed by atoms with Crippen LogP contribution in [0.2, 0.25) is 0 Å². The Kier molecular flexibility index (Phi) is 2.08. The van der Waals surface area contributed by atoms with E-state index in [-0.39, 0.29) is 6.61 Å². The van der Waals surface area contributed by atoms with Gasteiger partial charge in [-0.1, -0.05) is 5.21 Å². The Bertz CT molecular complexity index is 255. The number of aliphatic hydroxyl groups is 1. The summed E-state index contributed by atoms with van der Waals surface area (Å²) in [6.45, 7) is 1.02. The van der Waals surface area contributed by atoms with Crippen LogP contribution in [0.1, 0.15) is 30.9 Å². The molecule has 4 heteroatoms. The molecule has 1 aliphatic carbocycles. The molecule has 0 aliphatic heterocycles. The van der Waals surface area contributed by atoms with Gasteiger partial charge in [-0.2, -0.15) is 0 Å². The first-order chi connectivity index (χ1) is 5.92. The third-order valence-corrected chi connectivity index (χ3v) is 2.17. The number of aryl methyl sites for hydroxylation is 1. The average molecular weight is 167 g/mol. The molecule has 1 aromatic rings. The van der Waals surface area contributed by atoms with Gasteiger partial charge in [0.05, 0.1) is 11.9 Å². The van der Waals surface area contributed by atoms with Gasteiger partial charge in [-0.25, -0.2) is 4.68 Å². The van der Waals surface area contributed by atoms with Gasteiger partial charge in [0.25, 0.3) is 0 Å². The molecule has 0 amide bonds. The van der Waals surface area contributed by atoms with E-state index in [1.165, 1.54) is 18.5 Å². The molecule has 0 saturated heterocycles. The fourth-order valence-corrected chi connectivity index (χ4v) is 1.36. The van der Waals surface area contributed by atoms with E-state index in [0.29, 0.717) is 5.92 Å². The molecule has 66 valence electrons. The summed E-state index contributed by atoms with van der Waals surface area (Å²) in [5.41, 5.74) is 1.24. The van der Waals surface area contributed by atoms with Crippen molar-refractivity contribution in [2.75, 3.05) is 6.61 Å². The van der Waals surface area contributed by atoms with E-state index in [1.54, 1.807) is 0 Å². The van der Waals surface area contributed by atoms with E-state index < -0.39 is 0 Å². The van der Waals surface area contributed by atoms with E-state index >= 15 is 0 Å². The van der Waals surface area contributed by atoms with Crippen LogP contribution in [-0.2, 0) is 6.54 Å². The number of rotatable bonds is 4. The molecule has 0 bridgehead atoms. The maximum Gasteiger partial charge on any atom is 0.0728 e. The van der Waals surface area contributed by atoms with Crippen LogP contribution in [0.3, 0.4) is 0 Å². The number of hydrogen-bond acceptors (Lipinski definition) is 3. The zero-order valence-electron chi connectivity index (χ0n) is 6.98. The van der Waals surface area contributed by atoms with Crippen molar-refractivity contribution in [1.29, 1.82) is 0 Å². The van der Waals surface area contributed by atoms with Gasteiger partial charge < -0.3 is 5.11 Å². The van der Waals surface area contributed by atoms with Crippen molar-refractivity contribution >= 4 is 0 Å². The summed E-state index contributed by atoms with van der Waals surface area (Å²) in [5, 5.41) is 16.5. The van der Waals surface area contributed by atoms with Crippen molar-refractivity contribution in [3.8, 4) is 0 Å². The summed E-state index contributed by atoms with van der Waals surface area (Å²) in [5.74, 6) is 0.693. The highest BCUT2D eigenvalue weighted by Gasteiger charge is 2.27. The summed E-state index contributed by atoms with van der Waals surface area (Å²) in [7, 11) is 0. The maximum atomic E-state index is 8.65. The fraction of sp³-hybridized carbons (Fsp3) is 0.750. The first kappa shape index (κ1) is 7.73. The molecule has 1 aliphatic rings. The lowest BCUT2D eigenvalue weighted by atomic mass is 10.3. The highest BCUT2D eigenvalue weighted by molar-refractivity contribution is 5.10. The van der Waals surface area contributed by atoms with Gasteiger partial charge in [0.15, 0.2) is 0 Å². The normalized spacial score (nSPS) is 16.8. The third-order valence-electron chi connectivity index (χ3n) is 2.17. The minimum absolute atomic E-state index is 0.226. The van der Waals surface area contributed by atoms with Crippen LogP contribution < -0.4 is 0 Å². The summed E-state index contributed by atoms with van der Waals surface area (Å²) >= 11 is 0. The van der Waals surface area contributed by atoms with E-state index in [1.807, 2.05) is 10.9 Å². The highest BCUT2D eigenvalue weighted by Crippen LogP contribution is 2.39. The van der Waals surface area contributed by atoms with Gasteiger partial charge in [-0.05, 0) is 19.3 Å². The average Bonchev–Trinajstić information content (AvgIpc) is 2.83. The smallest absolute Gasteiger partial charge is 0.0728 e. The minimum Gasteiger partial charge on any atom is -0.396 e. The predicted octanol–water partition coefficient (Wildman–Crippen LogP) is 0.538. The molecule has 12 heavy (non-hydrogen) atoms. The van der Waals surface area contributed by atoms with Crippen LogP contribution in [0.5, 0.6) is 0 Å². The molecule has 1 heterocycles. The standard InChI is InChI=1S/C8H13N3O/c12-5-1-4-11-8(6-9-10-11)7-2-3-7/h6-7,12H,1-5H2. The molecule has 1 saturated carbocycles. The van der Waals surface area contributed by atoms with Gasteiger partial charge in [-0.15, -0.1) is 5.10 Å². The lowest BCUT2D eigenvalue weighted by Crippen LogP contribution is -2.05. The van der Waals surface area contributed by atoms with E-state index in [4.69, 9.17) is 5.11 Å². The van der Waals surface area contributed by atoms with Gasteiger partial charge in [0.1, 0.15) is 0 Å². The van der Waals surface area contributed by atoms with Crippen LogP contribution in [0, 0.1) is 0 Å². The summed E-state index contributed by atoms with van der Waals surface area (Å²) in [6.07, 6.45) is 5.15. The molecule has 2 rings (SSSR count). The Morgan fingerprint density at radius 2 is 2.42 bits per heavy atom. The van der Waals surface area contributed by atoms with Gasteiger partial charge in [0, 0.05) is 19.1 Å². The molecule has 0 aromatic carbocycles. The monoisotopic (exact) mass is 167 g/mol.